The van der Waals surface area contributed by atoms with Crippen LogP contribution in [0.25, 0.3) is 0 Å². The molecule has 0 aliphatic rings. The Labute approximate surface area is 132 Å². The summed E-state index contributed by atoms with van der Waals surface area (Å²) in [6.45, 7) is 5.37. The van der Waals surface area contributed by atoms with Crippen molar-refractivity contribution in [1.82, 2.24) is 5.32 Å². The van der Waals surface area contributed by atoms with Crippen molar-refractivity contribution < 1.29 is 19.4 Å². The molecule has 0 bridgehead atoms. The van der Waals surface area contributed by atoms with Crippen molar-refractivity contribution in [1.29, 1.82) is 0 Å². The zero-order valence-corrected chi connectivity index (χ0v) is 13.9. The van der Waals surface area contributed by atoms with Crippen LogP contribution in [0.15, 0.2) is 28.7 Å². The molecule has 116 valence electrons. The molecule has 2 atom stereocenters. The Morgan fingerprint density at radius 1 is 1.24 bits per heavy atom. The van der Waals surface area contributed by atoms with Gasteiger partial charge in [0.05, 0.1) is 6.42 Å². The van der Waals surface area contributed by atoms with Crippen molar-refractivity contribution in [2.24, 2.45) is 5.92 Å². The van der Waals surface area contributed by atoms with E-state index in [4.69, 9.17) is 9.84 Å². The highest BCUT2D eigenvalue weighted by Crippen LogP contribution is 2.17. The molecule has 6 heteroatoms. The smallest absolute Gasteiger partial charge is 0.305 e. The van der Waals surface area contributed by atoms with Gasteiger partial charge in [0.15, 0.2) is 6.10 Å². The van der Waals surface area contributed by atoms with E-state index < -0.39 is 18.1 Å². The molecule has 5 nitrogen and oxygen atoms in total. The van der Waals surface area contributed by atoms with Crippen LogP contribution >= 0.6 is 15.9 Å². The number of ether oxygens (including phenoxy) is 1. The Morgan fingerprint density at radius 2 is 1.81 bits per heavy atom. The number of carbonyl (C=O) groups is 2. The van der Waals surface area contributed by atoms with Gasteiger partial charge < -0.3 is 15.2 Å². The summed E-state index contributed by atoms with van der Waals surface area (Å²) in [5, 5.41) is 11.6. The number of hydrogen-bond acceptors (Lipinski definition) is 3. The fourth-order valence-corrected chi connectivity index (χ4v) is 1.98. The van der Waals surface area contributed by atoms with Crippen molar-refractivity contribution in [3.8, 4) is 5.75 Å². The first-order chi connectivity index (χ1) is 9.79. The largest absolute Gasteiger partial charge is 0.481 e. The maximum atomic E-state index is 12.1. The standard InChI is InChI=1S/C15H20BrNO4/c1-9(2)13(8-14(18)19)17-15(20)10(3)21-12-6-4-11(16)5-7-12/h4-7,9-10,13H,8H2,1-3H3,(H,17,20)(H,18,19). The first kappa shape index (κ1) is 17.5. The van der Waals surface area contributed by atoms with E-state index in [0.29, 0.717) is 5.75 Å². The summed E-state index contributed by atoms with van der Waals surface area (Å²) in [6.07, 6.45) is -0.796. The molecule has 0 saturated carbocycles. The number of nitrogens with one attached hydrogen (secondary N) is 1. The molecule has 0 aliphatic carbocycles. The molecule has 21 heavy (non-hydrogen) atoms. The number of amides is 1. The molecule has 1 aromatic carbocycles. The summed E-state index contributed by atoms with van der Waals surface area (Å²) in [4.78, 5) is 22.9. The molecule has 0 aromatic heterocycles. The number of benzene rings is 1. The molecule has 1 rings (SSSR count). The third kappa shape index (κ3) is 6.16. The summed E-state index contributed by atoms with van der Waals surface area (Å²) >= 11 is 3.32. The minimum atomic E-state index is -0.935. The van der Waals surface area contributed by atoms with Gasteiger partial charge in [-0.25, -0.2) is 0 Å². The minimum absolute atomic E-state index is 0.0323. The van der Waals surface area contributed by atoms with Gasteiger partial charge in [-0.15, -0.1) is 0 Å². The SMILES string of the molecule is CC(Oc1ccc(Br)cc1)C(=O)NC(CC(=O)O)C(C)C. The lowest BCUT2D eigenvalue weighted by Crippen LogP contribution is -2.45. The Balaban J connectivity index is 2.60. The maximum absolute atomic E-state index is 12.1. The maximum Gasteiger partial charge on any atom is 0.305 e. The molecule has 0 radical (unpaired) electrons. The van der Waals surface area contributed by atoms with Crippen LogP contribution < -0.4 is 10.1 Å². The van der Waals surface area contributed by atoms with Gasteiger partial charge in [-0.2, -0.15) is 0 Å². The monoisotopic (exact) mass is 357 g/mol. The van der Waals surface area contributed by atoms with Gasteiger partial charge in [0.2, 0.25) is 0 Å². The van der Waals surface area contributed by atoms with Crippen LogP contribution in [0.2, 0.25) is 0 Å². The van der Waals surface area contributed by atoms with Gasteiger partial charge in [0.1, 0.15) is 5.75 Å². The molecule has 0 heterocycles. The quantitative estimate of drug-likeness (QED) is 0.786. The van der Waals surface area contributed by atoms with Crippen molar-refractivity contribution in [2.75, 3.05) is 0 Å². The van der Waals surface area contributed by atoms with Crippen LogP contribution in [0.5, 0.6) is 5.75 Å². The fraction of sp³-hybridized carbons (Fsp3) is 0.467. The van der Waals surface area contributed by atoms with Crippen LogP contribution in [0.1, 0.15) is 27.2 Å². The summed E-state index contributed by atoms with van der Waals surface area (Å²) in [6, 6.07) is 6.74. The van der Waals surface area contributed by atoms with Gasteiger partial charge in [-0.05, 0) is 37.1 Å². The Hall–Kier alpha value is -1.56. The van der Waals surface area contributed by atoms with Crippen LogP contribution in [0.4, 0.5) is 0 Å². The summed E-state index contributed by atoms with van der Waals surface area (Å²) in [5.41, 5.74) is 0. The normalized spacial score (nSPS) is 13.6. The number of aliphatic carboxylic acids is 1. The Bertz CT molecular complexity index is 487. The zero-order chi connectivity index (χ0) is 16.0. The van der Waals surface area contributed by atoms with E-state index in [9.17, 15) is 9.59 Å². The van der Waals surface area contributed by atoms with Crippen LogP contribution in [0.3, 0.4) is 0 Å². The van der Waals surface area contributed by atoms with Gasteiger partial charge in [0, 0.05) is 10.5 Å². The fourth-order valence-electron chi connectivity index (χ4n) is 1.71. The second-order valence-electron chi connectivity index (χ2n) is 5.17. The zero-order valence-electron chi connectivity index (χ0n) is 12.3. The second-order valence-corrected chi connectivity index (χ2v) is 6.09. The predicted molar refractivity (Wildman–Crippen MR) is 83.3 cm³/mol. The summed E-state index contributed by atoms with van der Waals surface area (Å²) in [7, 11) is 0. The van der Waals surface area contributed by atoms with Gasteiger partial charge in [-0.1, -0.05) is 29.8 Å². The van der Waals surface area contributed by atoms with E-state index in [0.717, 1.165) is 4.47 Å². The first-order valence-electron chi connectivity index (χ1n) is 6.74. The minimum Gasteiger partial charge on any atom is -0.481 e. The van der Waals surface area contributed by atoms with E-state index in [2.05, 4.69) is 21.2 Å². The lowest BCUT2D eigenvalue weighted by Gasteiger charge is -2.23. The summed E-state index contributed by atoms with van der Waals surface area (Å²) in [5.74, 6) is -0.640. The lowest BCUT2D eigenvalue weighted by atomic mass is 10.0. The van der Waals surface area contributed by atoms with E-state index in [1.807, 2.05) is 26.0 Å². The summed E-state index contributed by atoms with van der Waals surface area (Å²) < 4.78 is 6.46. The van der Waals surface area contributed by atoms with Gasteiger partial charge in [0.25, 0.3) is 5.91 Å². The van der Waals surface area contributed by atoms with Crippen molar-refractivity contribution >= 4 is 27.8 Å². The second kappa shape index (κ2) is 8.02. The molecule has 0 saturated heterocycles. The Morgan fingerprint density at radius 3 is 2.29 bits per heavy atom. The number of halogens is 1. The van der Waals surface area contributed by atoms with Gasteiger partial charge >= 0.3 is 5.97 Å². The molecule has 0 aliphatic heterocycles. The third-order valence-electron chi connectivity index (χ3n) is 3.02. The van der Waals surface area contributed by atoms with Crippen LogP contribution in [0, 0.1) is 5.92 Å². The highest BCUT2D eigenvalue weighted by atomic mass is 79.9. The molecule has 1 amide bonds. The number of carbonyl (C=O) groups excluding carboxylic acids is 1. The van der Waals surface area contributed by atoms with Crippen molar-refractivity contribution in [3.05, 3.63) is 28.7 Å². The molecule has 1 aromatic rings. The predicted octanol–water partition coefficient (Wildman–Crippen LogP) is 2.83. The van der Waals surface area contributed by atoms with Crippen molar-refractivity contribution in [3.63, 3.8) is 0 Å². The first-order valence-corrected chi connectivity index (χ1v) is 7.53. The molecular weight excluding hydrogens is 338 g/mol. The average Bonchev–Trinajstić information content (AvgIpc) is 2.39. The van der Waals surface area contributed by atoms with Crippen molar-refractivity contribution in [2.45, 2.75) is 39.3 Å². The van der Waals surface area contributed by atoms with Crippen LogP contribution in [-0.4, -0.2) is 29.1 Å². The van der Waals surface area contributed by atoms with Crippen LogP contribution in [-0.2, 0) is 9.59 Å². The molecule has 0 fully saturated rings. The highest BCUT2D eigenvalue weighted by Gasteiger charge is 2.23. The molecular formula is C15H20BrNO4. The number of carboxylic acid groups (broad SMARTS) is 1. The van der Waals surface area contributed by atoms with E-state index in [1.165, 1.54) is 0 Å². The lowest BCUT2D eigenvalue weighted by molar-refractivity contribution is -0.138. The van der Waals surface area contributed by atoms with E-state index in [1.54, 1.807) is 19.1 Å². The number of hydrogen-bond donors (Lipinski definition) is 2. The highest BCUT2D eigenvalue weighted by molar-refractivity contribution is 9.10. The van der Waals surface area contributed by atoms with E-state index >= 15 is 0 Å². The topological polar surface area (TPSA) is 75.6 Å². The van der Waals surface area contributed by atoms with E-state index in [-0.39, 0.29) is 18.2 Å². The third-order valence-corrected chi connectivity index (χ3v) is 3.55. The average molecular weight is 358 g/mol. The number of carboxylic acids is 1. The molecule has 2 unspecified atom stereocenters. The Kier molecular flexibility index (Phi) is 6.68. The van der Waals surface area contributed by atoms with Gasteiger partial charge in [-0.3, -0.25) is 9.59 Å². The molecule has 0 spiro atoms. The number of rotatable bonds is 7. The molecule has 2 N–H and O–H groups in total.